The Morgan fingerprint density at radius 1 is 1.26 bits per heavy atom. The molecule has 0 bridgehead atoms. The second kappa shape index (κ2) is 4.57. The van der Waals surface area contributed by atoms with Crippen molar-refractivity contribution in [2.24, 2.45) is 5.92 Å². The van der Waals surface area contributed by atoms with Gasteiger partial charge in [-0.25, -0.2) is 0 Å². The van der Waals surface area contributed by atoms with Crippen LogP contribution in [-0.4, -0.2) is 15.4 Å². The summed E-state index contributed by atoms with van der Waals surface area (Å²) in [5.74, 6) is 1.68. The largest absolute Gasteiger partial charge is 0.361 e. The van der Waals surface area contributed by atoms with Gasteiger partial charge in [-0.15, -0.1) is 0 Å². The van der Waals surface area contributed by atoms with Crippen molar-refractivity contribution in [3.8, 4) is 11.3 Å². The zero-order valence-electron chi connectivity index (χ0n) is 13.2. The van der Waals surface area contributed by atoms with Crippen molar-refractivity contribution in [1.29, 1.82) is 0 Å². The maximum absolute atomic E-state index is 5.44. The van der Waals surface area contributed by atoms with E-state index in [2.05, 4.69) is 52.6 Å². The fourth-order valence-electron chi connectivity index (χ4n) is 4.53. The van der Waals surface area contributed by atoms with Gasteiger partial charge >= 0.3 is 0 Å². The van der Waals surface area contributed by atoms with Crippen LogP contribution in [0.3, 0.4) is 0 Å². The summed E-state index contributed by atoms with van der Waals surface area (Å²) < 4.78 is 5.44. The summed E-state index contributed by atoms with van der Waals surface area (Å²) in [7, 11) is 0. The highest BCUT2D eigenvalue weighted by Crippen LogP contribution is 2.49. The molecule has 4 heteroatoms. The standard InChI is InChI=1S/C19H19N3O/c1-19-10-13-11-20-23-16(13)9-14(19)7-8-15-17(21-22-18(15)19)12-5-3-2-4-6-12/h2-6,11,14H,7-10H2,1H3,(H,21,22)/t14-,19-/m0/s1. The lowest BCUT2D eigenvalue weighted by atomic mass is 9.60. The molecule has 2 heterocycles. The van der Waals surface area contributed by atoms with Crippen molar-refractivity contribution in [1.82, 2.24) is 15.4 Å². The molecule has 1 N–H and O–H groups in total. The van der Waals surface area contributed by atoms with E-state index in [1.54, 1.807) is 0 Å². The molecular formula is C19H19N3O. The normalized spacial score (nSPS) is 25.5. The molecule has 5 rings (SSSR count). The SMILES string of the molecule is C[C@]12Cc3cnoc3C[C@@H]1CCc1c(-c3ccccc3)n[nH]c12. The van der Waals surface area contributed by atoms with E-state index in [9.17, 15) is 0 Å². The van der Waals surface area contributed by atoms with E-state index in [0.29, 0.717) is 5.92 Å². The first-order valence-electron chi connectivity index (χ1n) is 8.31. The van der Waals surface area contributed by atoms with Crippen molar-refractivity contribution in [3.63, 3.8) is 0 Å². The van der Waals surface area contributed by atoms with E-state index < -0.39 is 0 Å². The van der Waals surface area contributed by atoms with Crippen LogP contribution in [0, 0.1) is 5.92 Å². The lowest BCUT2D eigenvalue weighted by Gasteiger charge is -2.43. The minimum Gasteiger partial charge on any atom is -0.361 e. The zero-order chi connectivity index (χ0) is 15.4. The Morgan fingerprint density at radius 2 is 2.13 bits per heavy atom. The van der Waals surface area contributed by atoms with Crippen LogP contribution in [0.1, 0.15) is 35.9 Å². The van der Waals surface area contributed by atoms with Crippen molar-refractivity contribution in [3.05, 3.63) is 59.1 Å². The van der Waals surface area contributed by atoms with Crippen LogP contribution >= 0.6 is 0 Å². The molecule has 0 saturated heterocycles. The number of aromatic nitrogens is 3. The third-order valence-electron chi connectivity index (χ3n) is 5.85. The number of rotatable bonds is 1. The van der Waals surface area contributed by atoms with Gasteiger partial charge in [0, 0.05) is 34.2 Å². The summed E-state index contributed by atoms with van der Waals surface area (Å²) >= 11 is 0. The minimum atomic E-state index is 0.103. The topological polar surface area (TPSA) is 54.7 Å². The molecule has 2 aliphatic carbocycles. The molecule has 116 valence electrons. The van der Waals surface area contributed by atoms with Crippen LogP contribution in [0.25, 0.3) is 11.3 Å². The summed E-state index contributed by atoms with van der Waals surface area (Å²) in [5, 5.41) is 12.1. The molecule has 0 amide bonds. The Hall–Kier alpha value is -2.36. The monoisotopic (exact) mass is 305 g/mol. The van der Waals surface area contributed by atoms with Gasteiger partial charge in [0.15, 0.2) is 0 Å². The van der Waals surface area contributed by atoms with Gasteiger partial charge in [0.1, 0.15) is 5.76 Å². The molecule has 0 saturated carbocycles. The smallest absolute Gasteiger partial charge is 0.140 e. The Morgan fingerprint density at radius 3 is 3.00 bits per heavy atom. The number of nitrogens with zero attached hydrogens (tertiary/aromatic N) is 2. The number of hydrogen-bond acceptors (Lipinski definition) is 3. The van der Waals surface area contributed by atoms with Gasteiger partial charge in [-0.05, 0) is 25.2 Å². The van der Waals surface area contributed by atoms with E-state index in [1.165, 1.54) is 28.8 Å². The van der Waals surface area contributed by atoms with Crippen LogP contribution in [0.5, 0.6) is 0 Å². The Kier molecular flexibility index (Phi) is 2.61. The van der Waals surface area contributed by atoms with Crippen LogP contribution in [-0.2, 0) is 24.7 Å². The molecule has 0 aliphatic heterocycles. The average molecular weight is 305 g/mol. The molecule has 0 unspecified atom stereocenters. The number of fused-ring (bicyclic) bond motifs is 4. The van der Waals surface area contributed by atoms with Crippen LogP contribution in [0.15, 0.2) is 41.1 Å². The molecule has 2 aromatic heterocycles. The first-order chi connectivity index (χ1) is 11.3. The van der Waals surface area contributed by atoms with Gasteiger partial charge in [-0.3, -0.25) is 5.10 Å². The Bertz CT molecular complexity index is 864. The number of benzene rings is 1. The second-order valence-corrected chi connectivity index (χ2v) is 7.10. The highest BCUT2D eigenvalue weighted by atomic mass is 16.5. The van der Waals surface area contributed by atoms with E-state index in [1.807, 2.05) is 6.20 Å². The first-order valence-corrected chi connectivity index (χ1v) is 8.31. The van der Waals surface area contributed by atoms with E-state index in [4.69, 9.17) is 4.52 Å². The van der Waals surface area contributed by atoms with Gasteiger partial charge in [-0.2, -0.15) is 5.10 Å². The van der Waals surface area contributed by atoms with E-state index in [0.717, 1.165) is 30.7 Å². The Labute approximate surface area is 134 Å². The quantitative estimate of drug-likeness (QED) is 0.746. The fraction of sp³-hybridized carbons (Fsp3) is 0.368. The van der Waals surface area contributed by atoms with Gasteiger partial charge in [0.2, 0.25) is 0 Å². The molecule has 0 spiro atoms. The first kappa shape index (κ1) is 13.1. The van der Waals surface area contributed by atoms with Gasteiger partial charge in [-0.1, -0.05) is 42.4 Å². The second-order valence-electron chi connectivity index (χ2n) is 7.10. The fourth-order valence-corrected chi connectivity index (χ4v) is 4.53. The van der Waals surface area contributed by atoms with Gasteiger partial charge in [0.05, 0.1) is 11.9 Å². The zero-order valence-corrected chi connectivity index (χ0v) is 13.2. The molecular weight excluding hydrogens is 286 g/mol. The molecule has 4 nitrogen and oxygen atoms in total. The van der Waals surface area contributed by atoms with E-state index >= 15 is 0 Å². The van der Waals surface area contributed by atoms with Crippen molar-refractivity contribution in [2.45, 2.75) is 38.0 Å². The number of nitrogens with one attached hydrogen (secondary N) is 1. The van der Waals surface area contributed by atoms with E-state index in [-0.39, 0.29) is 5.41 Å². The highest BCUT2D eigenvalue weighted by molar-refractivity contribution is 5.65. The predicted molar refractivity (Wildman–Crippen MR) is 87.1 cm³/mol. The summed E-state index contributed by atoms with van der Waals surface area (Å²) in [5.41, 5.74) is 6.40. The maximum atomic E-state index is 5.44. The lowest BCUT2D eigenvalue weighted by molar-refractivity contribution is 0.207. The van der Waals surface area contributed by atoms with Gasteiger partial charge in [0.25, 0.3) is 0 Å². The summed E-state index contributed by atoms with van der Waals surface area (Å²) in [6.45, 7) is 2.37. The van der Waals surface area contributed by atoms with Crippen molar-refractivity contribution in [2.75, 3.05) is 0 Å². The number of hydrogen-bond donors (Lipinski definition) is 1. The molecule has 3 aromatic rings. The molecule has 1 aromatic carbocycles. The number of aromatic amines is 1. The van der Waals surface area contributed by atoms with Gasteiger partial charge < -0.3 is 4.52 Å². The Balaban J connectivity index is 1.63. The number of H-pyrrole nitrogens is 1. The molecule has 23 heavy (non-hydrogen) atoms. The lowest BCUT2D eigenvalue weighted by Crippen LogP contribution is -2.42. The molecule has 0 radical (unpaired) electrons. The van der Waals surface area contributed by atoms with Crippen molar-refractivity contribution >= 4 is 0 Å². The summed E-state index contributed by atoms with van der Waals surface area (Å²) in [4.78, 5) is 0. The third kappa shape index (κ3) is 1.78. The highest BCUT2D eigenvalue weighted by Gasteiger charge is 2.47. The minimum absolute atomic E-state index is 0.103. The van der Waals surface area contributed by atoms with Crippen LogP contribution in [0.2, 0.25) is 0 Å². The maximum Gasteiger partial charge on any atom is 0.140 e. The summed E-state index contributed by atoms with van der Waals surface area (Å²) in [6.07, 6.45) is 6.13. The average Bonchev–Trinajstić information content (AvgIpc) is 3.19. The molecule has 2 aliphatic rings. The van der Waals surface area contributed by atoms with Crippen molar-refractivity contribution < 1.29 is 4.52 Å². The third-order valence-corrected chi connectivity index (χ3v) is 5.85. The molecule has 0 fully saturated rings. The van der Waals surface area contributed by atoms with Crippen LogP contribution in [0.4, 0.5) is 0 Å². The summed E-state index contributed by atoms with van der Waals surface area (Å²) in [6, 6.07) is 10.5. The molecule has 2 atom stereocenters. The van der Waals surface area contributed by atoms with Crippen LogP contribution < -0.4 is 0 Å². The predicted octanol–water partition coefficient (Wildman–Crippen LogP) is 3.68.